The molecule has 0 aliphatic carbocycles. The zero-order valence-electron chi connectivity index (χ0n) is 11.7. The van der Waals surface area contributed by atoms with Crippen molar-refractivity contribution < 1.29 is 4.74 Å². The predicted octanol–water partition coefficient (Wildman–Crippen LogP) is 3.44. The predicted molar refractivity (Wildman–Crippen MR) is 84.5 cm³/mol. The maximum absolute atomic E-state index is 5.92. The summed E-state index contributed by atoms with van der Waals surface area (Å²) < 4.78 is 6.15. The van der Waals surface area contributed by atoms with Gasteiger partial charge in [-0.1, -0.05) is 6.92 Å². The fraction of sp³-hybridized carbons (Fsp3) is 0.286. The van der Waals surface area contributed by atoms with Crippen molar-refractivity contribution in [3.05, 3.63) is 34.1 Å². The van der Waals surface area contributed by atoms with Gasteiger partial charge in [-0.15, -0.1) is 0 Å². The van der Waals surface area contributed by atoms with Crippen LogP contribution in [0, 0.1) is 6.92 Å². The van der Waals surface area contributed by atoms with E-state index in [2.05, 4.69) is 31.2 Å². The summed E-state index contributed by atoms with van der Waals surface area (Å²) in [7, 11) is 1.64. The Bertz CT molecular complexity index is 631. The van der Waals surface area contributed by atoms with Gasteiger partial charge in [0.2, 0.25) is 0 Å². The summed E-state index contributed by atoms with van der Waals surface area (Å²) in [6, 6.07) is 5.70. The summed E-state index contributed by atoms with van der Waals surface area (Å²) in [5.74, 6) is 2.70. The fourth-order valence-electron chi connectivity index (χ4n) is 1.72. The van der Waals surface area contributed by atoms with Crippen LogP contribution in [0.25, 0.3) is 0 Å². The number of aromatic nitrogens is 2. The van der Waals surface area contributed by atoms with Crippen LogP contribution < -0.4 is 15.8 Å². The monoisotopic (exact) mass is 336 g/mol. The molecule has 1 heterocycles. The molecule has 0 bridgehead atoms. The summed E-state index contributed by atoms with van der Waals surface area (Å²) in [6.45, 7) is 3.89. The minimum Gasteiger partial charge on any atom is -0.497 e. The minimum atomic E-state index is 0.498. The summed E-state index contributed by atoms with van der Waals surface area (Å²) in [6.07, 6.45) is 0.735. The van der Waals surface area contributed by atoms with Crippen molar-refractivity contribution in [2.24, 2.45) is 0 Å². The molecule has 0 saturated carbocycles. The zero-order chi connectivity index (χ0) is 14.7. The van der Waals surface area contributed by atoms with Gasteiger partial charge in [0.1, 0.15) is 23.2 Å². The number of anilines is 3. The van der Waals surface area contributed by atoms with Crippen molar-refractivity contribution in [3.63, 3.8) is 0 Å². The number of nitrogens with zero attached hydrogens (tertiary/aromatic N) is 2. The maximum Gasteiger partial charge on any atom is 0.139 e. The number of aryl methyl sites for hydroxylation is 1. The van der Waals surface area contributed by atoms with Gasteiger partial charge in [-0.3, -0.25) is 0 Å². The van der Waals surface area contributed by atoms with Crippen molar-refractivity contribution in [1.82, 2.24) is 9.97 Å². The van der Waals surface area contributed by atoms with Crippen molar-refractivity contribution in [3.8, 4) is 5.75 Å². The number of hydrogen-bond donors (Lipinski definition) is 2. The van der Waals surface area contributed by atoms with Gasteiger partial charge in [-0.05, 0) is 35.0 Å². The third kappa shape index (κ3) is 3.01. The smallest absolute Gasteiger partial charge is 0.139 e. The maximum atomic E-state index is 5.92. The summed E-state index contributed by atoms with van der Waals surface area (Å²) in [4.78, 5) is 8.72. The van der Waals surface area contributed by atoms with E-state index < -0.39 is 0 Å². The molecule has 20 heavy (non-hydrogen) atoms. The highest BCUT2D eigenvalue weighted by Crippen LogP contribution is 2.31. The second-order valence-corrected chi connectivity index (χ2v) is 5.18. The summed E-state index contributed by atoms with van der Waals surface area (Å²) >= 11 is 3.50. The van der Waals surface area contributed by atoms with Gasteiger partial charge in [0.05, 0.1) is 12.8 Å². The first-order valence-electron chi connectivity index (χ1n) is 6.28. The Kier molecular flexibility index (Phi) is 4.44. The van der Waals surface area contributed by atoms with Gasteiger partial charge in [0.25, 0.3) is 0 Å². The molecule has 1 aromatic carbocycles. The van der Waals surface area contributed by atoms with Crippen molar-refractivity contribution in [2.45, 2.75) is 20.3 Å². The topological polar surface area (TPSA) is 73.1 Å². The molecule has 0 atom stereocenters. The lowest BCUT2D eigenvalue weighted by atomic mass is 10.2. The van der Waals surface area contributed by atoms with E-state index >= 15 is 0 Å². The fourth-order valence-corrected chi connectivity index (χ4v) is 2.06. The number of nitrogens with two attached hydrogens (primary N) is 1. The molecule has 3 N–H and O–H groups in total. The highest BCUT2D eigenvalue weighted by Gasteiger charge is 2.10. The normalized spacial score (nSPS) is 10.4. The number of rotatable bonds is 4. The SMILES string of the molecule is CCc1nc(N)c(C)c(Nc2cc(OC)ccc2Br)n1. The second-order valence-electron chi connectivity index (χ2n) is 4.32. The molecule has 0 saturated heterocycles. The van der Waals surface area contributed by atoms with Crippen molar-refractivity contribution in [1.29, 1.82) is 0 Å². The van der Waals surface area contributed by atoms with Gasteiger partial charge in [-0.2, -0.15) is 0 Å². The Morgan fingerprint density at radius 3 is 2.75 bits per heavy atom. The number of hydrogen-bond acceptors (Lipinski definition) is 5. The van der Waals surface area contributed by atoms with E-state index in [1.165, 1.54) is 0 Å². The average Bonchev–Trinajstić information content (AvgIpc) is 2.45. The Morgan fingerprint density at radius 2 is 2.10 bits per heavy atom. The third-order valence-electron chi connectivity index (χ3n) is 2.97. The molecule has 0 aliphatic rings. The lowest BCUT2D eigenvalue weighted by molar-refractivity contribution is 0.415. The van der Waals surface area contributed by atoms with Gasteiger partial charge in [-0.25, -0.2) is 9.97 Å². The van der Waals surface area contributed by atoms with E-state index in [0.717, 1.165) is 33.7 Å². The molecule has 6 heteroatoms. The van der Waals surface area contributed by atoms with E-state index in [4.69, 9.17) is 10.5 Å². The number of ether oxygens (including phenoxy) is 1. The summed E-state index contributed by atoms with van der Waals surface area (Å²) in [5.41, 5.74) is 7.62. The van der Waals surface area contributed by atoms with Crippen LogP contribution in [0.15, 0.2) is 22.7 Å². The van der Waals surface area contributed by atoms with Crippen LogP contribution in [0.3, 0.4) is 0 Å². The number of benzene rings is 1. The molecule has 0 aliphatic heterocycles. The van der Waals surface area contributed by atoms with Gasteiger partial charge < -0.3 is 15.8 Å². The molecular weight excluding hydrogens is 320 g/mol. The largest absolute Gasteiger partial charge is 0.497 e. The summed E-state index contributed by atoms with van der Waals surface area (Å²) in [5, 5.41) is 3.27. The number of methoxy groups -OCH3 is 1. The minimum absolute atomic E-state index is 0.498. The van der Waals surface area contributed by atoms with Crippen LogP contribution in [0.1, 0.15) is 18.3 Å². The third-order valence-corrected chi connectivity index (χ3v) is 3.66. The molecule has 0 amide bonds. The van der Waals surface area contributed by atoms with Crippen molar-refractivity contribution >= 4 is 33.3 Å². The average molecular weight is 337 g/mol. The molecule has 2 rings (SSSR count). The molecule has 5 nitrogen and oxygen atoms in total. The molecule has 1 aromatic heterocycles. The lowest BCUT2D eigenvalue weighted by Crippen LogP contribution is -2.06. The molecular formula is C14H17BrN4O. The molecule has 2 aromatic rings. The highest BCUT2D eigenvalue weighted by atomic mass is 79.9. The second kappa shape index (κ2) is 6.09. The van der Waals surface area contributed by atoms with Crippen LogP contribution in [-0.4, -0.2) is 17.1 Å². The van der Waals surface area contributed by atoms with Crippen LogP contribution in [0.2, 0.25) is 0 Å². The quantitative estimate of drug-likeness (QED) is 0.894. The molecule has 106 valence electrons. The molecule has 0 spiro atoms. The zero-order valence-corrected chi connectivity index (χ0v) is 13.3. The van der Waals surface area contributed by atoms with Crippen LogP contribution in [-0.2, 0) is 6.42 Å². The van der Waals surface area contributed by atoms with Crippen LogP contribution >= 0.6 is 15.9 Å². The van der Waals surface area contributed by atoms with Crippen molar-refractivity contribution in [2.75, 3.05) is 18.2 Å². The van der Waals surface area contributed by atoms with E-state index in [9.17, 15) is 0 Å². The number of nitrogen functional groups attached to an aromatic ring is 1. The first-order chi connectivity index (χ1) is 9.55. The number of halogens is 1. The van der Waals surface area contributed by atoms with E-state index in [-0.39, 0.29) is 0 Å². The Hall–Kier alpha value is -1.82. The van der Waals surface area contributed by atoms with E-state index in [1.807, 2.05) is 32.0 Å². The molecule has 0 radical (unpaired) electrons. The first-order valence-corrected chi connectivity index (χ1v) is 7.08. The van der Waals surface area contributed by atoms with E-state index in [0.29, 0.717) is 11.6 Å². The van der Waals surface area contributed by atoms with Gasteiger partial charge in [0.15, 0.2) is 0 Å². The molecule has 0 unspecified atom stereocenters. The Labute approximate surface area is 126 Å². The molecule has 0 fully saturated rings. The first kappa shape index (κ1) is 14.6. The highest BCUT2D eigenvalue weighted by molar-refractivity contribution is 9.10. The Morgan fingerprint density at radius 1 is 1.35 bits per heavy atom. The van der Waals surface area contributed by atoms with Crippen LogP contribution in [0.5, 0.6) is 5.75 Å². The van der Waals surface area contributed by atoms with E-state index in [1.54, 1.807) is 7.11 Å². The number of nitrogens with one attached hydrogen (secondary N) is 1. The van der Waals surface area contributed by atoms with Gasteiger partial charge >= 0.3 is 0 Å². The van der Waals surface area contributed by atoms with Gasteiger partial charge in [0, 0.05) is 22.5 Å². The Balaban J connectivity index is 2.41. The van der Waals surface area contributed by atoms with Crippen LogP contribution in [0.4, 0.5) is 17.3 Å². The lowest BCUT2D eigenvalue weighted by Gasteiger charge is -2.13. The standard InChI is InChI=1S/C14H17BrN4O/c1-4-12-18-13(16)8(2)14(19-12)17-11-7-9(20-3)5-6-10(11)15/h5-7H,4H2,1-3H3,(H3,16,17,18,19).